The number of pyridine rings is 2. The molecule has 0 fully saturated rings. The topological polar surface area (TPSA) is 75.1 Å². The Balaban J connectivity index is 1.61. The van der Waals surface area contributed by atoms with Gasteiger partial charge < -0.3 is 10.3 Å². The summed E-state index contributed by atoms with van der Waals surface area (Å²) in [5.41, 5.74) is 3.04. The molecule has 0 spiro atoms. The van der Waals surface area contributed by atoms with Gasteiger partial charge in [0.2, 0.25) is 0 Å². The quantitative estimate of drug-likeness (QED) is 0.562. The first-order valence-electron chi connectivity index (χ1n) is 8.53. The minimum atomic E-state index is -0.107. The molecule has 0 saturated heterocycles. The van der Waals surface area contributed by atoms with Crippen molar-refractivity contribution in [1.29, 1.82) is 0 Å². The maximum absolute atomic E-state index is 12.3. The molecule has 1 aromatic carbocycles. The molecule has 3 heterocycles. The Morgan fingerprint density at radius 2 is 2.08 bits per heavy atom. The number of hydrogen-bond donors (Lipinski definition) is 2. The van der Waals surface area contributed by atoms with Crippen LogP contribution >= 0.6 is 11.6 Å². The zero-order chi connectivity index (χ0) is 18.1. The fourth-order valence-electron chi connectivity index (χ4n) is 2.99. The summed E-state index contributed by atoms with van der Waals surface area (Å²) in [5, 5.41) is 13.2. The summed E-state index contributed by atoms with van der Waals surface area (Å²) in [5.74, 6) is 0.935. The van der Waals surface area contributed by atoms with E-state index in [2.05, 4.69) is 27.4 Å². The van der Waals surface area contributed by atoms with Gasteiger partial charge in [-0.2, -0.15) is 0 Å². The van der Waals surface area contributed by atoms with Gasteiger partial charge in [-0.3, -0.25) is 9.20 Å². The summed E-state index contributed by atoms with van der Waals surface area (Å²) >= 11 is 6.05. The van der Waals surface area contributed by atoms with Crippen LogP contribution in [0.1, 0.15) is 24.7 Å². The molecule has 0 radical (unpaired) electrons. The Hall–Kier alpha value is -2.86. The van der Waals surface area contributed by atoms with Crippen LogP contribution in [0.3, 0.4) is 0 Å². The largest absolute Gasteiger partial charge is 0.380 e. The highest BCUT2D eigenvalue weighted by Crippen LogP contribution is 2.18. The third kappa shape index (κ3) is 3.15. The third-order valence-electron chi connectivity index (χ3n) is 4.31. The van der Waals surface area contributed by atoms with E-state index in [1.807, 2.05) is 40.9 Å². The minimum Gasteiger partial charge on any atom is -0.380 e. The molecule has 6 nitrogen and oxygen atoms in total. The number of nitrogens with zero attached hydrogens (tertiary/aromatic N) is 3. The van der Waals surface area contributed by atoms with Crippen LogP contribution in [0.15, 0.2) is 47.4 Å². The summed E-state index contributed by atoms with van der Waals surface area (Å²) in [6.45, 7) is 2.52. The molecule has 0 aliphatic heterocycles. The zero-order valence-electron chi connectivity index (χ0n) is 14.3. The van der Waals surface area contributed by atoms with Crippen molar-refractivity contribution in [3.05, 3.63) is 69.4 Å². The molecule has 3 aromatic heterocycles. The maximum atomic E-state index is 12.3. The predicted octanol–water partition coefficient (Wildman–Crippen LogP) is 3.79. The van der Waals surface area contributed by atoms with Gasteiger partial charge in [-0.05, 0) is 42.8 Å². The van der Waals surface area contributed by atoms with E-state index in [-0.39, 0.29) is 5.56 Å². The number of fused-ring (bicyclic) bond motifs is 2. The molecule has 0 bridgehead atoms. The van der Waals surface area contributed by atoms with Crippen LogP contribution in [0.25, 0.3) is 16.6 Å². The molecule has 132 valence electrons. The lowest BCUT2D eigenvalue weighted by Gasteiger charge is -2.08. The summed E-state index contributed by atoms with van der Waals surface area (Å²) in [4.78, 5) is 15.2. The summed E-state index contributed by atoms with van der Waals surface area (Å²) in [6, 6.07) is 11.1. The van der Waals surface area contributed by atoms with E-state index in [1.165, 1.54) is 0 Å². The molecule has 4 aromatic rings. The molecule has 0 aliphatic rings. The number of nitrogens with one attached hydrogen (secondary N) is 2. The molecule has 0 amide bonds. The first-order chi connectivity index (χ1) is 12.6. The van der Waals surface area contributed by atoms with Gasteiger partial charge in [0, 0.05) is 40.7 Å². The maximum Gasteiger partial charge on any atom is 0.253 e. The number of hydrogen-bond acceptors (Lipinski definition) is 4. The molecular weight excluding hydrogens is 350 g/mol. The Labute approximate surface area is 154 Å². The van der Waals surface area contributed by atoms with Gasteiger partial charge in [0.25, 0.3) is 5.56 Å². The Bertz CT molecular complexity index is 1150. The van der Waals surface area contributed by atoms with Crippen molar-refractivity contribution in [3.63, 3.8) is 0 Å². The lowest BCUT2D eigenvalue weighted by molar-refractivity contribution is 0.818. The van der Waals surface area contributed by atoms with Crippen molar-refractivity contribution in [2.75, 3.05) is 5.32 Å². The van der Waals surface area contributed by atoms with Gasteiger partial charge in [-0.1, -0.05) is 18.5 Å². The van der Waals surface area contributed by atoms with Gasteiger partial charge in [-0.25, -0.2) is 0 Å². The molecule has 0 saturated carbocycles. The zero-order valence-corrected chi connectivity index (χ0v) is 15.0. The van der Waals surface area contributed by atoms with Gasteiger partial charge in [0.15, 0.2) is 5.65 Å². The molecule has 0 unspecified atom stereocenters. The second-order valence-corrected chi connectivity index (χ2v) is 6.66. The average molecular weight is 368 g/mol. The highest BCUT2D eigenvalue weighted by Gasteiger charge is 2.07. The number of halogens is 1. The highest BCUT2D eigenvalue weighted by molar-refractivity contribution is 6.31. The van der Waals surface area contributed by atoms with E-state index in [0.29, 0.717) is 17.1 Å². The molecule has 26 heavy (non-hydrogen) atoms. The van der Waals surface area contributed by atoms with Crippen LogP contribution in [-0.4, -0.2) is 19.6 Å². The highest BCUT2D eigenvalue weighted by atomic mass is 35.5. The SMILES string of the molecule is CCCc1nnc2ccc(NCc3cc4cc(Cl)ccc4[nH]c3=O)cn12. The lowest BCUT2D eigenvalue weighted by Crippen LogP contribution is -2.15. The fourth-order valence-corrected chi connectivity index (χ4v) is 3.17. The van der Waals surface area contributed by atoms with E-state index in [9.17, 15) is 4.79 Å². The fraction of sp³-hybridized carbons (Fsp3) is 0.211. The minimum absolute atomic E-state index is 0.107. The number of rotatable bonds is 5. The second kappa shape index (κ2) is 6.80. The number of H-pyrrole nitrogens is 1. The number of aryl methyl sites for hydroxylation is 1. The second-order valence-electron chi connectivity index (χ2n) is 6.22. The smallest absolute Gasteiger partial charge is 0.253 e. The Morgan fingerprint density at radius 1 is 1.19 bits per heavy atom. The van der Waals surface area contributed by atoms with Crippen LogP contribution in [0, 0.1) is 0 Å². The van der Waals surface area contributed by atoms with Gasteiger partial charge in [-0.15, -0.1) is 10.2 Å². The van der Waals surface area contributed by atoms with Crippen LogP contribution in [0.5, 0.6) is 0 Å². The van der Waals surface area contributed by atoms with Crippen LogP contribution in [0.2, 0.25) is 5.02 Å². The van der Waals surface area contributed by atoms with E-state index in [1.54, 1.807) is 6.07 Å². The van der Waals surface area contributed by atoms with E-state index in [0.717, 1.165) is 40.9 Å². The average Bonchev–Trinajstić information content (AvgIpc) is 3.03. The Kier molecular flexibility index (Phi) is 4.34. The molecule has 0 aliphatic carbocycles. The number of anilines is 1. The van der Waals surface area contributed by atoms with Gasteiger partial charge >= 0.3 is 0 Å². The van der Waals surface area contributed by atoms with Gasteiger partial charge in [0.05, 0.1) is 5.69 Å². The number of aromatic nitrogens is 4. The van der Waals surface area contributed by atoms with E-state index in [4.69, 9.17) is 11.6 Å². The van der Waals surface area contributed by atoms with E-state index >= 15 is 0 Å². The molecular formula is C19H18ClN5O. The standard InChI is InChI=1S/C19H18ClN5O/c1-2-3-17-23-24-18-7-5-15(11-25(17)18)21-10-13-8-12-9-14(20)4-6-16(12)22-19(13)26/h4-9,11,21H,2-3,10H2,1H3,(H,22,26). The van der Waals surface area contributed by atoms with Crippen molar-refractivity contribution in [3.8, 4) is 0 Å². The molecule has 0 atom stereocenters. The summed E-state index contributed by atoms with van der Waals surface area (Å²) < 4.78 is 1.98. The van der Waals surface area contributed by atoms with Crippen molar-refractivity contribution >= 4 is 33.8 Å². The molecule has 7 heteroatoms. The Morgan fingerprint density at radius 3 is 2.92 bits per heavy atom. The first kappa shape index (κ1) is 16.6. The summed E-state index contributed by atoms with van der Waals surface area (Å²) in [7, 11) is 0. The van der Waals surface area contributed by atoms with Crippen molar-refractivity contribution in [2.45, 2.75) is 26.3 Å². The number of benzene rings is 1. The predicted molar refractivity (Wildman–Crippen MR) is 104 cm³/mol. The molecule has 4 rings (SSSR count). The number of aromatic amines is 1. The van der Waals surface area contributed by atoms with Crippen molar-refractivity contribution in [1.82, 2.24) is 19.6 Å². The molecule has 2 N–H and O–H groups in total. The van der Waals surface area contributed by atoms with Crippen molar-refractivity contribution < 1.29 is 0 Å². The third-order valence-corrected chi connectivity index (χ3v) is 4.55. The van der Waals surface area contributed by atoms with Gasteiger partial charge in [0.1, 0.15) is 5.82 Å². The summed E-state index contributed by atoms with van der Waals surface area (Å²) in [6.07, 6.45) is 3.84. The van der Waals surface area contributed by atoms with E-state index < -0.39 is 0 Å². The first-order valence-corrected chi connectivity index (χ1v) is 8.91. The lowest BCUT2D eigenvalue weighted by atomic mass is 10.1. The van der Waals surface area contributed by atoms with Crippen LogP contribution < -0.4 is 10.9 Å². The monoisotopic (exact) mass is 367 g/mol. The van der Waals surface area contributed by atoms with Crippen LogP contribution in [-0.2, 0) is 13.0 Å². The van der Waals surface area contributed by atoms with Crippen LogP contribution in [0.4, 0.5) is 5.69 Å². The van der Waals surface area contributed by atoms with Crippen molar-refractivity contribution in [2.24, 2.45) is 0 Å². The normalized spacial score (nSPS) is 11.3.